The molecular weight excluding hydrogens is 192 g/mol. The Bertz CT molecular complexity index is 303. The summed E-state index contributed by atoms with van der Waals surface area (Å²) in [6, 6.07) is 1.89. The van der Waals surface area contributed by atoms with Crippen LogP contribution in [0.25, 0.3) is 0 Å². The van der Waals surface area contributed by atoms with E-state index in [1.165, 1.54) is 0 Å². The number of nitrogens with zero attached hydrogens (tertiary/aromatic N) is 2. The lowest BCUT2D eigenvalue weighted by Gasteiger charge is -2.10. The van der Waals surface area contributed by atoms with Gasteiger partial charge in [-0.25, -0.2) is 0 Å². The number of hydrogen-bond donors (Lipinski definition) is 2. The van der Waals surface area contributed by atoms with Gasteiger partial charge in [0.2, 0.25) is 5.91 Å². The van der Waals surface area contributed by atoms with E-state index in [-0.39, 0.29) is 11.9 Å². The van der Waals surface area contributed by atoms with E-state index < -0.39 is 0 Å². The van der Waals surface area contributed by atoms with Crippen molar-refractivity contribution in [2.45, 2.75) is 25.4 Å². The lowest BCUT2D eigenvalue weighted by atomic mass is 10.2. The summed E-state index contributed by atoms with van der Waals surface area (Å²) in [6.45, 7) is 2.32. The first-order chi connectivity index (χ1) is 7.36. The zero-order chi connectivity index (χ0) is 10.5. The second-order valence-electron chi connectivity index (χ2n) is 3.71. The molecule has 2 rings (SSSR count). The van der Waals surface area contributed by atoms with Crippen LogP contribution in [0.2, 0.25) is 0 Å². The molecule has 2 N–H and O–H groups in total. The van der Waals surface area contributed by atoms with Crippen LogP contribution < -0.4 is 10.6 Å². The summed E-state index contributed by atoms with van der Waals surface area (Å²) in [4.78, 5) is 11.6. The van der Waals surface area contributed by atoms with Crippen LogP contribution in [0, 0.1) is 0 Å². The van der Waals surface area contributed by atoms with Crippen molar-refractivity contribution in [1.29, 1.82) is 0 Å². The lowest BCUT2D eigenvalue weighted by molar-refractivity contribution is -0.122. The molecule has 1 aliphatic heterocycles. The van der Waals surface area contributed by atoms with Gasteiger partial charge < -0.3 is 10.6 Å². The minimum atomic E-state index is 0.0163. The highest BCUT2D eigenvalue weighted by Gasteiger charge is 2.20. The van der Waals surface area contributed by atoms with E-state index in [1.807, 2.05) is 16.9 Å². The molecule has 0 spiro atoms. The number of rotatable bonds is 4. The normalized spacial score (nSPS) is 20.4. The minimum Gasteiger partial charge on any atom is -0.353 e. The van der Waals surface area contributed by atoms with Crippen molar-refractivity contribution in [2.24, 2.45) is 0 Å². The van der Waals surface area contributed by atoms with Gasteiger partial charge in [-0.15, -0.1) is 0 Å². The molecule has 5 heteroatoms. The number of amides is 1. The van der Waals surface area contributed by atoms with E-state index in [0.29, 0.717) is 6.54 Å². The van der Waals surface area contributed by atoms with Crippen LogP contribution in [-0.4, -0.2) is 34.8 Å². The fourth-order valence-corrected chi connectivity index (χ4v) is 1.76. The first kappa shape index (κ1) is 10.2. The van der Waals surface area contributed by atoms with Crippen molar-refractivity contribution < 1.29 is 4.79 Å². The van der Waals surface area contributed by atoms with Gasteiger partial charge in [-0.3, -0.25) is 9.48 Å². The van der Waals surface area contributed by atoms with Crippen molar-refractivity contribution in [3.63, 3.8) is 0 Å². The summed E-state index contributed by atoms with van der Waals surface area (Å²) >= 11 is 0. The number of carbonyl (C=O) groups is 1. The molecule has 0 bridgehead atoms. The van der Waals surface area contributed by atoms with Crippen molar-refractivity contribution >= 4 is 5.91 Å². The first-order valence-electron chi connectivity index (χ1n) is 5.35. The molecule has 1 amide bonds. The van der Waals surface area contributed by atoms with E-state index in [0.717, 1.165) is 25.9 Å². The Hall–Kier alpha value is -1.36. The number of hydrogen-bond acceptors (Lipinski definition) is 3. The number of aromatic nitrogens is 2. The van der Waals surface area contributed by atoms with Gasteiger partial charge in [-0.05, 0) is 25.5 Å². The van der Waals surface area contributed by atoms with Gasteiger partial charge >= 0.3 is 0 Å². The topological polar surface area (TPSA) is 59.0 Å². The monoisotopic (exact) mass is 208 g/mol. The third-order valence-corrected chi connectivity index (χ3v) is 2.58. The summed E-state index contributed by atoms with van der Waals surface area (Å²) < 4.78 is 1.81. The highest BCUT2D eigenvalue weighted by molar-refractivity contribution is 5.81. The minimum absolute atomic E-state index is 0.0163. The van der Waals surface area contributed by atoms with Crippen LogP contribution in [-0.2, 0) is 11.3 Å². The van der Waals surface area contributed by atoms with E-state index in [1.54, 1.807) is 6.20 Å². The van der Waals surface area contributed by atoms with E-state index >= 15 is 0 Å². The molecule has 5 nitrogen and oxygen atoms in total. The predicted molar refractivity (Wildman–Crippen MR) is 56.3 cm³/mol. The molecule has 1 atom stereocenters. The Morgan fingerprint density at radius 2 is 2.60 bits per heavy atom. The summed E-state index contributed by atoms with van der Waals surface area (Å²) in [5.41, 5.74) is 0. The molecule has 1 fully saturated rings. The molecule has 1 saturated heterocycles. The first-order valence-corrected chi connectivity index (χ1v) is 5.35. The fourth-order valence-electron chi connectivity index (χ4n) is 1.76. The maximum Gasteiger partial charge on any atom is 0.237 e. The Morgan fingerprint density at radius 3 is 3.27 bits per heavy atom. The van der Waals surface area contributed by atoms with Crippen molar-refractivity contribution in [2.75, 3.05) is 13.1 Å². The molecule has 82 valence electrons. The van der Waals surface area contributed by atoms with Crippen LogP contribution in [0.15, 0.2) is 18.5 Å². The summed E-state index contributed by atoms with van der Waals surface area (Å²) in [5, 5.41) is 10.1. The molecule has 1 aliphatic rings. The quantitative estimate of drug-likeness (QED) is 0.717. The predicted octanol–water partition coefficient (Wildman–Crippen LogP) is -0.249. The molecular formula is C10H16N4O. The molecule has 1 aromatic rings. The average Bonchev–Trinajstić information content (AvgIpc) is 2.90. The van der Waals surface area contributed by atoms with Gasteiger partial charge in [0.15, 0.2) is 0 Å². The van der Waals surface area contributed by atoms with E-state index in [4.69, 9.17) is 0 Å². The van der Waals surface area contributed by atoms with Crippen LogP contribution in [0.4, 0.5) is 0 Å². The molecule has 1 unspecified atom stereocenters. The maximum absolute atomic E-state index is 11.6. The van der Waals surface area contributed by atoms with E-state index in [9.17, 15) is 4.79 Å². The van der Waals surface area contributed by atoms with E-state index in [2.05, 4.69) is 15.7 Å². The zero-order valence-corrected chi connectivity index (χ0v) is 8.65. The van der Waals surface area contributed by atoms with Crippen molar-refractivity contribution in [1.82, 2.24) is 20.4 Å². The van der Waals surface area contributed by atoms with Gasteiger partial charge in [0, 0.05) is 18.9 Å². The molecule has 2 heterocycles. The number of carbonyl (C=O) groups excluding carboxylic acids is 1. The number of nitrogens with one attached hydrogen (secondary N) is 2. The standard InChI is InChI=1S/C10H16N4O/c15-10(9-3-1-4-11-9)12-6-8-14-7-2-5-13-14/h2,5,7,9,11H,1,3-4,6,8H2,(H,12,15). The highest BCUT2D eigenvalue weighted by atomic mass is 16.2. The second kappa shape index (κ2) is 4.93. The molecule has 0 aromatic carbocycles. The van der Waals surface area contributed by atoms with Crippen LogP contribution in [0.5, 0.6) is 0 Å². The molecule has 0 saturated carbocycles. The summed E-state index contributed by atoms with van der Waals surface area (Å²) in [7, 11) is 0. The SMILES string of the molecule is O=C(NCCn1cccn1)C1CCCN1. The molecule has 15 heavy (non-hydrogen) atoms. The summed E-state index contributed by atoms with van der Waals surface area (Å²) in [5.74, 6) is 0.111. The third-order valence-electron chi connectivity index (χ3n) is 2.58. The highest BCUT2D eigenvalue weighted by Crippen LogP contribution is 2.04. The lowest BCUT2D eigenvalue weighted by Crippen LogP contribution is -2.41. The zero-order valence-electron chi connectivity index (χ0n) is 8.65. The Morgan fingerprint density at radius 1 is 1.67 bits per heavy atom. The molecule has 0 radical (unpaired) electrons. The van der Waals surface area contributed by atoms with Crippen molar-refractivity contribution in [3.05, 3.63) is 18.5 Å². The second-order valence-corrected chi connectivity index (χ2v) is 3.71. The van der Waals surface area contributed by atoms with Crippen LogP contribution in [0.1, 0.15) is 12.8 Å². The smallest absolute Gasteiger partial charge is 0.237 e. The largest absolute Gasteiger partial charge is 0.353 e. The average molecular weight is 208 g/mol. The van der Waals surface area contributed by atoms with Gasteiger partial charge in [0.1, 0.15) is 0 Å². The Kier molecular flexibility index (Phi) is 3.34. The van der Waals surface area contributed by atoms with Gasteiger partial charge in [-0.2, -0.15) is 5.10 Å². The summed E-state index contributed by atoms with van der Waals surface area (Å²) in [6.07, 6.45) is 5.67. The van der Waals surface area contributed by atoms with Crippen LogP contribution >= 0.6 is 0 Å². The van der Waals surface area contributed by atoms with Gasteiger partial charge in [0.05, 0.1) is 12.6 Å². The molecule has 0 aliphatic carbocycles. The Labute approximate surface area is 88.8 Å². The van der Waals surface area contributed by atoms with Crippen LogP contribution in [0.3, 0.4) is 0 Å². The van der Waals surface area contributed by atoms with Crippen molar-refractivity contribution in [3.8, 4) is 0 Å². The fraction of sp³-hybridized carbons (Fsp3) is 0.600. The molecule has 1 aromatic heterocycles. The van der Waals surface area contributed by atoms with Gasteiger partial charge in [0.25, 0.3) is 0 Å². The van der Waals surface area contributed by atoms with Gasteiger partial charge in [-0.1, -0.05) is 0 Å². The Balaban J connectivity index is 1.67. The third kappa shape index (κ3) is 2.79. The maximum atomic E-state index is 11.6.